The van der Waals surface area contributed by atoms with Gasteiger partial charge in [-0.1, -0.05) is 11.6 Å². The van der Waals surface area contributed by atoms with Crippen molar-refractivity contribution in [1.29, 1.82) is 0 Å². The predicted octanol–water partition coefficient (Wildman–Crippen LogP) is 1.74. The number of carboxylic acid groups (broad SMARTS) is 1. The van der Waals surface area contributed by atoms with Crippen molar-refractivity contribution in [2.45, 2.75) is 12.5 Å². The maximum absolute atomic E-state index is 11.0. The Kier molecular flexibility index (Phi) is 2.54. The van der Waals surface area contributed by atoms with Crippen molar-refractivity contribution in [3.63, 3.8) is 0 Å². The van der Waals surface area contributed by atoms with E-state index in [4.69, 9.17) is 21.8 Å². The highest BCUT2D eigenvalue weighted by Crippen LogP contribution is 2.33. The Morgan fingerprint density at radius 2 is 2.33 bits per heavy atom. The number of amides is 1. The third-order valence-electron chi connectivity index (χ3n) is 2.54. The molecule has 15 heavy (non-hydrogen) atoms. The lowest BCUT2D eigenvalue weighted by molar-refractivity contribution is 0.192. The van der Waals surface area contributed by atoms with Gasteiger partial charge in [-0.25, -0.2) is 4.79 Å². The van der Waals surface area contributed by atoms with Crippen LogP contribution in [-0.2, 0) is 6.42 Å². The van der Waals surface area contributed by atoms with E-state index in [-0.39, 0.29) is 6.61 Å². The Balaban J connectivity index is 2.44. The number of hydrogen-bond acceptors (Lipinski definition) is 2. The van der Waals surface area contributed by atoms with Gasteiger partial charge in [0.05, 0.1) is 18.3 Å². The van der Waals surface area contributed by atoms with Crippen molar-refractivity contribution >= 4 is 23.4 Å². The van der Waals surface area contributed by atoms with Gasteiger partial charge < -0.3 is 10.2 Å². The lowest BCUT2D eigenvalue weighted by Gasteiger charge is -2.20. The van der Waals surface area contributed by atoms with Gasteiger partial charge in [-0.15, -0.1) is 0 Å². The van der Waals surface area contributed by atoms with Crippen LogP contribution in [0.3, 0.4) is 0 Å². The summed E-state index contributed by atoms with van der Waals surface area (Å²) in [5.41, 5.74) is 1.48. The van der Waals surface area contributed by atoms with Gasteiger partial charge in [0.1, 0.15) is 0 Å². The largest absolute Gasteiger partial charge is 0.465 e. The number of halogens is 1. The van der Waals surface area contributed by atoms with Crippen molar-refractivity contribution in [1.82, 2.24) is 0 Å². The molecule has 1 atom stereocenters. The molecule has 4 nitrogen and oxygen atoms in total. The minimum Gasteiger partial charge on any atom is -0.465 e. The quantitative estimate of drug-likeness (QED) is 0.768. The molecular formula is C10H10ClNO3. The zero-order chi connectivity index (χ0) is 11.0. The van der Waals surface area contributed by atoms with Crippen LogP contribution in [0, 0.1) is 0 Å². The van der Waals surface area contributed by atoms with E-state index in [1.54, 1.807) is 18.2 Å². The number of carbonyl (C=O) groups is 1. The first-order chi connectivity index (χ1) is 7.13. The Bertz CT molecular complexity index is 408. The predicted molar refractivity (Wildman–Crippen MR) is 56.5 cm³/mol. The van der Waals surface area contributed by atoms with E-state index in [0.717, 1.165) is 5.56 Å². The Morgan fingerprint density at radius 1 is 1.60 bits per heavy atom. The molecule has 0 spiro atoms. The van der Waals surface area contributed by atoms with Gasteiger partial charge >= 0.3 is 6.09 Å². The van der Waals surface area contributed by atoms with Crippen molar-refractivity contribution in [2.75, 3.05) is 11.5 Å². The van der Waals surface area contributed by atoms with Crippen LogP contribution in [0.25, 0.3) is 0 Å². The van der Waals surface area contributed by atoms with Crippen LogP contribution in [0.2, 0.25) is 5.02 Å². The highest BCUT2D eigenvalue weighted by atomic mass is 35.5. The maximum Gasteiger partial charge on any atom is 0.412 e. The molecule has 1 aromatic carbocycles. The first-order valence-electron chi connectivity index (χ1n) is 4.55. The van der Waals surface area contributed by atoms with E-state index in [0.29, 0.717) is 17.1 Å². The van der Waals surface area contributed by atoms with Crippen LogP contribution in [0.4, 0.5) is 10.5 Å². The summed E-state index contributed by atoms with van der Waals surface area (Å²) in [6.07, 6.45) is -0.534. The summed E-state index contributed by atoms with van der Waals surface area (Å²) in [6.45, 7) is -0.182. The van der Waals surface area contributed by atoms with Gasteiger partial charge in [0.2, 0.25) is 0 Å². The summed E-state index contributed by atoms with van der Waals surface area (Å²) in [5.74, 6) is 0. The zero-order valence-electron chi connectivity index (χ0n) is 7.85. The van der Waals surface area contributed by atoms with Gasteiger partial charge in [-0.05, 0) is 30.2 Å². The van der Waals surface area contributed by atoms with Gasteiger partial charge in [0.15, 0.2) is 0 Å². The van der Waals surface area contributed by atoms with Gasteiger partial charge in [0, 0.05) is 5.02 Å². The number of benzene rings is 1. The van der Waals surface area contributed by atoms with Crippen LogP contribution in [0.1, 0.15) is 5.56 Å². The number of rotatable bonds is 1. The van der Waals surface area contributed by atoms with E-state index < -0.39 is 12.1 Å². The van der Waals surface area contributed by atoms with Gasteiger partial charge in [-0.2, -0.15) is 0 Å². The fraction of sp³-hybridized carbons (Fsp3) is 0.300. The van der Waals surface area contributed by atoms with E-state index in [9.17, 15) is 4.79 Å². The fourth-order valence-corrected chi connectivity index (χ4v) is 2.09. The van der Waals surface area contributed by atoms with E-state index in [1.807, 2.05) is 0 Å². The molecular weight excluding hydrogens is 218 g/mol. The number of aliphatic hydroxyl groups excluding tert-OH is 1. The highest BCUT2D eigenvalue weighted by molar-refractivity contribution is 6.30. The van der Waals surface area contributed by atoms with E-state index in [2.05, 4.69) is 0 Å². The molecule has 1 amide bonds. The van der Waals surface area contributed by atoms with Crippen molar-refractivity contribution < 1.29 is 15.0 Å². The lowest BCUT2D eigenvalue weighted by Crippen LogP contribution is -2.38. The second-order valence-electron chi connectivity index (χ2n) is 3.47. The molecule has 0 aliphatic carbocycles. The second-order valence-corrected chi connectivity index (χ2v) is 3.90. The summed E-state index contributed by atoms with van der Waals surface area (Å²) in [4.78, 5) is 12.2. The Labute approximate surface area is 91.7 Å². The van der Waals surface area contributed by atoms with Crippen LogP contribution >= 0.6 is 11.6 Å². The van der Waals surface area contributed by atoms with Crippen LogP contribution in [0.5, 0.6) is 0 Å². The molecule has 0 saturated carbocycles. The molecule has 1 unspecified atom stereocenters. The fourth-order valence-electron chi connectivity index (χ4n) is 1.90. The molecule has 0 saturated heterocycles. The molecule has 1 aromatic rings. The third kappa shape index (κ3) is 1.66. The smallest absolute Gasteiger partial charge is 0.412 e. The Hall–Kier alpha value is -1.26. The van der Waals surface area contributed by atoms with E-state index >= 15 is 0 Å². The first-order valence-corrected chi connectivity index (χ1v) is 4.92. The highest BCUT2D eigenvalue weighted by Gasteiger charge is 2.33. The SMILES string of the molecule is O=C(O)N1c2ccc(Cl)cc2CC1CO. The number of nitrogens with zero attached hydrogens (tertiary/aromatic N) is 1. The maximum atomic E-state index is 11.0. The summed E-state index contributed by atoms with van der Waals surface area (Å²) >= 11 is 5.81. The molecule has 80 valence electrons. The number of aliphatic hydroxyl groups is 1. The van der Waals surface area contributed by atoms with Crippen LogP contribution in [-0.4, -0.2) is 29.0 Å². The summed E-state index contributed by atoms with van der Waals surface area (Å²) in [7, 11) is 0. The molecule has 0 fully saturated rings. The molecule has 0 radical (unpaired) electrons. The molecule has 1 aliphatic rings. The summed E-state index contributed by atoms with van der Waals surface area (Å²) < 4.78 is 0. The number of anilines is 1. The zero-order valence-corrected chi connectivity index (χ0v) is 8.61. The monoisotopic (exact) mass is 227 g/mol. The molecule has 1 aliphatic heterocycles. The molecule has 2 N–H and O–H groups in total. The topological polar surface area (TPSA) is 60.8 Å². The minimum absolute atomic E-state index is 0.182. The van der Waals surface area contributed by atoms with Gasteiger partial charge in [-0.3, -0.25) is 4.90 Å². The molecule has 0 bridgehead atoms. The molecule has 1 heterocycles. The van der Waals surface area contributed by atoms with Crippen molar-refractivity contribution in [3.8, 4) is 0 Å². The first kappa shape index (κ1) is 10.3. The van der Waals surface area contributed by atoms with Crippen LogP contribution in [0.15, 0.2) is 18.2 Å². The van der Waals surface area contributed by atoms with Crippen molar-refractivity contribution in [2.24, 2.45) is 0 Å². The average molecular weight is 228 g/mol. The summed E-state index contributed by atoms with van der Waals surface area (Å²) in [6, 6.07) is 4.66. The van der Waals surface area contributed by atoms with Crippen molar-refractivity contribution in [3.05, 3.63) is 28.8 Å². The number of fused-ring (bicyclic) bond motifs is 1. The van der Waals surface area contributed by atoms with Crippen LogP contribution < -0.4 is 4.90 Å². The van der Waals surface area contributed by atoms with Gasteiger partial charge in [0.25, 0.3) is 0 Å². The number of hydrogen-bond donors (Lipinski definition) is 2. The molecule has 5 heteroatoms. The lowest BCUT2D eigenvalue weighted by atomic mass is 10.1. The third-order valence-corrected chi connectivity index (χ3v) is 2.77. The molecule has 0 aromatic heterocycles. The average Bonchev–Trinajstić information content (AvgIpc) is 2.54. The second kappa shape index (κ2) is 3.72. The normalized spacial score (nSPS) is 19.1. The Morgan fingerprint density at radius 3 is 2.93 bits per heavy atom. The molecule has 2 rings (SSSR count). The standard InChI is InChI=1S/C10H10ClNO3/c11-7-1-2-9-6(3-7)4-8(5-13)12(9)10(14)15/h1-3,8,13H,4-5H2,(H,14,15). The summed E-state index contributed by atoms with van der Waals surface area (Å²) in [5, 5.41) is 18.7. The minimum atomic E-state index is -1.05. The van der Waals surface area contributed by atoms with E-state index in [1.165, 1.54) is 4.90 Å².